The maximum atomic E-state index is 12.4. The van der Waals surface area contributed by atoms with Gasteiger partial charge in [0.25, 0.3) is 5.91 Å². The lowest BCUT2D eigenvalue weighted by Crippen LogP contribution is -2.46. The number of carbonyl (C=O) groups excluding carboxylic acids is 3. The molecule has 1 aliphatic carbocycles. The van der Waals surface area contributed by atoms with E-state index in [1.54, 1.807) is 19.1 Å². The van der Waals surface area contributed by atoms with Crippen molar-refractivity contribution in [2.24, 2.45) is 5.92 Å². The Bertz CT molecular complexity index is 640. The second-order valence-corrected chi connectivity index (χ2v) is 5.82. The number of pyridine rings is 1. The monoisotopic (exact) mass is 303 g/mol. The molecule has 116 valence electrons. The van der Waals surface area contributed by atoms with E-state index in [9.17, 15) is 14.4 Å². The van der Waals surface area contributed by atoms with E-state index in [1.165, 1.54) is 6.20 Å². The molecule has 1 aliphatic heterocycles. The third-order valence-electron chi connectivity index (χ3n) is 4.07. The maximum absolute atomic E-state index is 12.4. The van der Waals surface area contributed by atoms with Crippen LogP contribution >= 0.6 is 0 Å². The first kappa shape index (κ1) is 14.3. The highest BCUT2D eigenvalue weighted by Gasteiger charge is 2.56. The minimum Gasteiger partial charge on any atom is -0.384 e. The first-order valence-corrected chi connectivity index (χ1v) is 7.05. The molecule has 4 N–H and O–H groups in total. The quantitative estimate of drug-likeness (QED) is 0.693. The van der Waals surface area contributed by atoms with E-state index >= 15 is 0 Å². The highest BCUT2D eigenvalue weighted by atomic mass is 16.2. The van der Waals surface area contributed by atoms with E-state index in [4.69, 9.17) is 5.73 Å². The van der Waals surface area contributed by atoms with Gasteiger partial charge in [-0.1, -0.05) is 0 Å². The van der Waals surface area contributed by atoms with Crippen LogP contribution in [0.4, 0.5) is 16.3 Å². The number of nitrogens with one attached hydrogen (secondary N) is 2. The summed E-state index contributed by atoms with van der Waals surface area (Å²) in [6.07, 6.45) is 3.24. The number of carbonyl (C=O) groups is 3. The molecule has 8 nitrogen and oxygen atoms in total. The molecule has 0 aromatic carbocycles. The number of urea groups is 1. The summed E-state index contributed by atoms with van der Waals surface area (Å²) in [5.41, 5.74) is 5.04. The van der Waals surface area contributed by atoms with Gasteiger partial charge in [-0.05, 0) is 37.8 Å². The maximum Gasteiger partial charge on any atom is 0.325 e. The zero-order valence-electron chi connectivity index (χ0n) is 12.1. The van der Waals surface area contributed by atoms with Gasteiger partial charge in [0.05, 0.1) is 11.9 Å². The van der Waals surface area contributed by atoms with Crippen molar-refractivity contribution in [1.82, 2.24) is 15.2 Å². The highest BCUT2D eigenvalue weighted by Crippen LogP contribution is 2.42. The molecule has 1 saturated heterocycles. The van der Waals surface area contributed by atoms with Crippen molar-refractivity contribution in [1.29, 1.82) is 0 Å². The largest absolute Gasteiger partial charge is 0.384 e. The molecule has 0 radical (unpaired) electrons. The third-order valence-corrected chi connectivity index (χ3v) is 4.07. The van der Waals surface area contributed by atoms with Crippen molar-refractivity contribution >= 4 is 29.4 Å². The fraction of sp³-hybridized carbons (Fsp3) is 0.429. The van der Waals surface area contributed by atoms with Gasteiger partial charge in [0.2, 0.25) is 5.91 Å². The van der Waals surface area contributed by atoms with Crippen molar-refractivity contribution in [3.8, 4) is 0 Å². The molecule has 1 saturated carbocycles. The number of hydrogen-bond acceptors (Lipinski definition) is 5. The summed E-state index contributed by atoms with van der Waals surface area (Å²) in [5.74, 6) is -0.300. The average molecular weight is 303 g/mol. The first-order valence-electron chi connectivity index (χ1n) is 7.05. The summed E-state index contributed by atoms with van der Waals surface area (Å²) in [6, 6.07) is 2.62. The second kappa shape index (κ2) is 4.97. The van der Waals surface area contributed by atoms with Crippen molar-refractivity contribution in [2.75, 3.05) is 17.6 Å². The van der Waals surface area contributed by atoms with Crippen LogP contribution in [0.15, 0.2) is 18.3 Å². The minimum absolute atomic E-state index is 0.165. The summed E-state index contributed by atoms with van der Waals surface area (Å²) >= 11 is 0. The van der Waals surface area contributed by atoms with Crippen LogP contribution in [0, 0.1) is 5.92 Å². The number of amides is 4. The Morgan fingerprint density at radius 3 is 2.82 bits per heavy atom. The van der Waals surface area contributed by atoms with Crippen molar-refractivity contribution in [3.63, 3.8) is 0 Å². The van der Waals surface area contributed by atoms with E-state index in [2.05, 4.69) is 15.6 Å². The average Bonchev–Trinajstić information content (AvgIpc) is 3.28. The Kier molecular flexibility index (Phi) is 3.23. The smallest absolute Gasteiger partial charge is 0.325 e. The fourth-order valence-corrected chi connectivity index (χ4v) is 2.62. The highest BCUT2D eigenvalue weighted by molar-refractivity contribution is 6.10. The van der Waals surface area contributed by atoms with Crippen LogP contribution in [-0.2, 0) is 9.59 Å². The Labute approximate surface area is 127 Å². The lowest BCUT2D eigenvalue weighted by Gasteiger charge is -2.20. The van der Waals surface area contributed by atoms with E-state index in [0.29, 0.717) is 11.5 Å². The molecule has 8 heteroatoms. The molecule has 0 spiro atoms. The van der Waals surface area contributed by atoms with Gasteiger partial charge in [-0.2, -0.15) is 0 Å². The molecule has 4 amide bonds. The van der Waals surface area contributed by atoms with Crippen molar-refractivity contribution in [2.45, 2.75) is 25.3 Å². The number of hydrogen-bond donors (Lipinski definition) is 3. The molecular weight excluding hydrogens is 286 g/mol. The molecule has 1 atom stereocenters. The molecule has 1 aromatic rings. The van der Waals surface area contributed by atoms with Gasteiger partial charge < -0.3 is 16.4 Å². The molecule has 0 bridgehead atoms. The van der Waals surface area contributed by atoms with Crippen LogP contribution in [0.5, 0.6) is 0 Å². The van der Waals surface area contributed by atoms with E-state index in [1.807, 2.05) is 0 Å². The van der Waals surface area contributed by atoms with Crippen molar-refractivity contribution in [3.05, 3.63) is 18.3 Å². The Hall–Kier alpha value is -2.64. The van der Waals surface area contributed by atoms with Gasteiger partial charge in [0.1, 0.15) is 17.9 Å². The summed E-state index contributed by atoms with van der Waals surface area (Å²) in [4.78, 5) is 41.1. The molecule has 2 heterocycles. The van der Waals surface area contributed by atoms with Gasteiger partial charge in [0, 0.05) is 0 Å². The molecule has 1 aromatic heterocycles. The Morgan fingerprint density at radius 1 is 1.50 bits per heavy atom. The number of rotatable bonds is 4. The van der Waals surface area contributed by atoms with E-state index in [0.717, 1.165) is 17.7 Å². The number of nitrogen functional groups attached to an aromatic ring is 1. The standard InChI is InChI=1S/C14H17N5O3/c1-14(8-2-3-8)12(21)19(13(22)18-14)7-11(20)17-9-4-5-10(15)16-6-9/h4-6,8H,2-3,7H2,1H3,(H2,15,16)(H,17,20)(H,18,22). The second-order valence-electron chi connectivity index (χ2n) is 5.82. The van der Waals surface area contributed by atoms with Crippen LogP contribution in [0.2, 0.25) is 0 Å². The molecule has 2 fully saturated rings. The molecule has 22 heavy (non-hydrogen) atoms. The summed E-state index contributed by atoms with van der Waals surface area (Å²) < 4.78 is 0. The van der Waals surface area contributed by atoms with Crippen molar-refractivity contribution < 1.29 is 14.4 Å². The number of nitrogens with zero attached hydrogens (tertiary/aromatic N) is 2. The summed E-state index contributed by atoms with van der Waals surface area (Å²) in [5, 5.41) is 5.28. The van der Waals surface area contributed by atoms with Gasteiger partial charge in [-0.3, -0.25) is 14.5 Å². The van der Waals surface area contributed by atoms with Gasteiger partial charge in [-0.25, -0.2) is 9.78 Å². The minimum atomic E-state index is -0.875. The zero-order valence-corrected chi connectivity index (χ0v) is 12.1. The SMILES string of the molecule is CC1(C2CC2)NC(=O)N(CC(=O)Nc2ccc(N)nc2)C1=O. The molecular formula is C14H17N5O3. The van der Waals surface area contributed by atoms with Crippen LogP contribution in [0.3, 0.4) is 0 Å². The zero-order chi connectivity index (χ0) is 15.9. The summed E-state index contributed by atoms with van der Waals surface area (Å²) in [6.45, 7) is 1.39. The lowest BCUT2D eigenvalue weighted by atomic mass is 9.96. The van der Waals surface area contributed by atoms with Crippen LogP contribution in [0.1, 0.15) is 19.8 Å². The Balaban J connectivity index is 1.65. The fourth-order valence-electron chi connectivity index (χ4n) is 2.62. The number of imide groups is 1. The van der Waals surface area contributed by atoms with E-state index < -0.39 is 17.5 Å². The molecule has 1 unspecified atom stereocenters. The van der Waals surface area contributed by atoms with Crippen LogP contribution in [-0.4, -0.2) is 39.8 Å². The van der Waals surface area contributed by atoms with Gasteiger partial charge in [-0.15, -0.1) is 0 Å². The third kappa shape index (κ3) is 2.47. The molecule has 3 rings (SSSR count). The number of nitrogens with two attached hydrogens (primary N) is 1. The predicted molar refractivity (Wildman–Crippen MR) is 78.7 cm³/mol. The summed E-state index contributed by atoms with van der Waals surface area (Å²) in [7, 11) is 0. The van der Waals surface area contributed by atoms with Gasteiger partial charge in [0.15, 0.2) is 0 Å². The Morgan fingerprint density at radius 2 is 2.23 bits per heavy atom. The number of anilines is 2. The normalized spacial score (nSPS) is 24.3. The first-order chi connectivity index (χ1) is 10.4. The molecule has 2 aliphatic rings. The lowest BCUT2D eigenvalue weighted by molar-refractivity contribution is -0.134. The van der Waals surface area contributed by atoms with E-state index in [-0.39, 0.29) is 18.4 Å². The van der Waals surface area contributed by atoms with Crippen LogP contribution < -0.4 is 16.4 Å². The predicted octanol–water partition coefficient (Wildman–Crippen LogP) is 0.323. The number of aromatic nitrogens is 1. The van der Waals surface area contributed by atoms with Gasteiger partial charge >= 0.3 is 6.03 Å². The van der Waals surface area contributed by atoms with Crippen LogP contribution in [0.25, 0.3) is 0 Å². The topological polar surface area (TPSA) is 117 Å².